The van der Waals surface area contributed by atoms with Crippen LogP contribution in [0.3, 0.4) is 0 Å². The van der Waals surface area contributed by atoms with Crippen molar-refractivity contribution in [3.05, 3.63) is 71.5 Å². The van der Waals surface area contributed by atoms with Gasteiger partial charge in [0, 0.05) is 7.05 Å². The Morgan fingerprint density at radius 2 is 1.71 bits per heavy atom. The lowest BCUT2D eigenvalue weighted by molar-refractivity contribution is 0.102. The Labute approximate surface area is 164 Å². The molecule has 7 nitrogen and oxygen atoms in total. The molecule has 0 fully saturated rings. The van der Waals surface area contributed by atoms with Gasteiger partial charge in [0.25, 0.3) is 5.91 Å². The topological polar surface area (TPSA) is 84.3 Å². The van der Waals surface area contributed by atoms with E-state index in [1.165, 1.54) is 13.2 Å². The fraction of sp³-hybridized carbons (Fsp3) is 0.200. The van der Waals surface area contributed by atoms with Gasteiger partial charge in [-0.3, -0.25) is 9.10 Å². The Morgan fingerprint density at radius 3 is 2.39 bits per heavy atom. The number of aryl methyl sites for hydroxylation is 1. The maximum Gasteiger partial charge on any atom is 0.259 e. The SMILES string of the molecule is Cc1ccccc1-n1ncc(C(=O)Nc2ccccc2N(C)S(C)(=O)=O)c1C. The number of hydrogen-bond donors (Lipinski definition) is 1. The summed E-state index contributed by atoms with van der Waals surface area (Å²) in [5.74, 6) is -0.355. The van der Waals surface area contributed by atoms with E-state index in [0.717, 1.165) is 21.8 Å². The number of carbonyl (C=O) groups excluding carboxylic acids is 1. The third-order valence-electron chi connectivity index (χ3n) is 4.59. The quantitative estimate of drug-likeness (QED) is 0.716. The van der Waals surface area contributed by atoms with Gasteiger partial charge in [0.1, 0.15) is 0 Å². The molecule has 0 saturated heterocycles. The first-order chi connectivity index (χ1) is 13.2. The van der Waals surface area contributed by atoms with Crippen molar-refractivity contribution in [1.29, 1.82) is 0 Å². The molecular weight excluding hydrogens is 376 g/mol. The van der Waals surface area contributed by atoms with Crippen LogP contribution in [0.2, 0.25) is 0 Å². The molecule has 3 rings (SSSR count). The number of para-hydroxylation sites is 3. The Morgan fingerprint density at radius 1 is 1.07 bits per heavy atom. The van der Waals surface area contributed by atoms with Crippen molar-refractivity contribution in [2.45, 2.75) is 13.8 Å². The summed E-state index contributed by atoms with van der Waals surface area (Å²) in [4.78, 5) is 12.9. The molecule has 1 aromatic heterocycles. The summed E-state index contributed by atoms with van der Waals surface area (Å²) < 4.78 is 26.6. The van der Waals surface area contributed by atoms with Crippen LogP contribution >= 0.6 is 0 Å². The number of aromatic nitrogens is 2. The Hall–Kier alpha value is -3.13. The van der Waals surface area contributed by atoms with Gasteiger partial charge in [0.15, 0.2) is 0 Å². The molecule has 8 heteroatoms. The molecule has 3 aromatic rings. The number of sulfonamides is 1. The van der Waals surface area contributed by atoms with Crippen LogP contribution in [0.4, 0.5) is 11.4 Å². The summed E-state index contributed by atoms with van der Waals surface area (Å²) in [5, 5.41) is 7.16. The highest BCUT2D eigenvalue weighted by Gasteiger charge is 2.20. The number of rotatable bonds is 5. The molecule has 0 saturated carbocycles. The van der Waals surface area contributed by atoms with Gasteiger partial charge in [-0.2, -0.15) is 5.10 Å². The second-order valence-corrected chi connectivity index (χ2v) is 8.56. The molecule has 0 spiro atoms. The van der Waals surface area contributed by atoms with Crippen LogP contribution < -0.4 is 9.62 Å². The third-order valence-corrected chi connectivity index (χ3v) is 5.78. The summed E-state index contributed by atoms with van der Waals surface area (Å²) in [6.45, 7) is 3.80. The highest BCUT2D eigenvalue weighted by Crippen LogP contribution is 2.27. The molecule has 0 aliphatic rings. The first kappa shape index (κ1) is 19.6. The fourth-order valence-electron chi connectivity index (χ4n) is 2.90. The smallest absolute Gasteiger partial charge is 0.259 e. The number of amides is 1. The number of nitrogens with one attached hydrogen (secondary N) is 1. The lowest BCUT2D eigenvalue weighted by Crippen LogP contribution is -2.26. The summed E-state index contributed by atoms with van der Waals surface area (Å²) in [6.07, 6.45) is 2.63. The maximum atomic E-state index is 12.9. The van der Waals surface area contributed by atoms with Gasteiger partial charge < -0.3 is 5.32 Å². The lowest BCUT2D eigenvalue weighted by Gasteiger charge is -2.20. The molecule has 0 unspecified atom stereocenters. The fourth-order valence-corrected chi connectivity index (χ4v) is 3.42. The molecule has 0 bridgehead atoms. The lowest BCUT2D eigenvalue weighted by atomic mass is 10.2. The second kappa shape index (κ2) is 7.47. The van der Waals surface area contributed by atoms with E-state index in [9.17, 15) is 13.2 Å². The normalized spacial score (nSPS) is 11.3. The Bertz CT molecular complexity index is 1140. The highest BCUT2D eigenvalue weighted by molar-refractivity contribution is 7.92. The van der Waals surface area contributed by atoms with E-state index in [1.54, 1.807) is 28.9 Å². The van der Waals surface area contributed by atoms with Crippen LogP contribution in [-0.4, -0.2) is 37.4 Å². The second-order valence-electron chi connectivity index (χ2n) is 6.54. The van der Waals surface area contributed by atoms with E-state index in [0.29, 0.717) is 22.6 Å². The van der Waals surface area contributed by atoms with Gasteiger partial charge in [-0.15, -0.1) is 0 Å². The number of hydrogen-bond acceptors (Lipinski definition) is 4. The molecule has 146 valence electrons. The monoisotopic (exact) mass is 398 g/mol. The largest absolute Gasteiger partial charge is 0.320 e. The van der Waals surface area contributed by atoms with Crippen molar-refractivity contribution >= 4 is 27.3 Å². The van der Waals surface area contributed by atoms with Gasteiger partial charge in [-0.1, -0.05) is 30.3 Å². The van der Waals surface area contributed by atoms with Crippen molar-refractivity contribution in [3.63, 3.8) is 0 Å². The predicted octanol–water partition coefficient (Wildman–Crippen LogP) is 3.14. The molecule has 1 N–H and O–H groups in total. The molecule has 0 radical (unpaired) electrons. The predicted molar refractivity (Wildman–Crippen MR) is 111 cm³/mol. The Balaban J connectivity index is 1.93. The van der Waals surface area contributed by atoms with Crippen LogP contribution in [0.25, 0.3) is 5.69 Å². The minimum Gasteiger partial charge on any atom is -0.320 e. The van der Waals surface area contributed by atoms with Crippen LogP contribution in [-0.2, 0) is 10.0 Å². The van der Waals surface area contributed by atoms with E-state index in [-0.39, 0.29) is 5.91 Å². The van der Waals surface area contributed by atoms with Crippen molar-refractivity contribution in [2.24, 2.45) is 0 Å². The molecule has 1 heterocycles. The first-order valence-electron chi connectivity index (χ1n) is 8.65. The van der Waals surface area contributed by atoms with Gasteiger partial charge >= 0.3 is 0 Å². The Kier molecular flexibility index (Phi) is 5.24. The summed E-state index contributed by atoms with van der Waals surface area (Å²) in [6, 6.07) is 14.5. The van der Waals surface area contributed by atoms with E-state index < -0.39 is 10.0 Å². The molecule has 1 amide bonds. The van der Waals surface area contributed by atoms with Crippen LogP contribution in [0.1, 0.15) is 21.6 Å². The molecule has 0 aliphatic carbocycles. The van der Waals surface area contributed by atoms with Crippen LogP contribution in [0.5, 0.6) is 0 Å². The number of benzene rings is 2. The van der Waals surface area contributed by atoms with E-state index in [2.05, 4.69) is 10.4 Å². The highest BCUT2D eigenvalue weighted by atomic mass is 32.2. The van der Waals surface area contributed by atoms with Gasteiger partial charge in [0.05, 0.1) is 40.8 Å². The van der Waals surface area contributed by atoms with Crippen LogP contribution in [0, 0.1) is 13.8 Å². The van der Waals surface area contributed by atoms with Gasteiger partial charge in [-0.25, -0.2) is 13.1 Å². The number of nitrogens with zero attached hydrogens (tertiary/aromatic N) is 3. The zero-order valence-corrected chi connectivity index (χ0v) is 17.0. The molecule has 28 heavy (non-hydrogen) atoms. The van der Waals surface area contributed by atoms with E-state index in [4.69, 9.17) is 0 Å². The number of anilines is 2. The summed E-state index contributed by atoms with van der Waals surface area (Å²) >= 11 is 0. The van der Waals surface area contributed by atoms with Crippen molar-refractivity contribution in [3.8, 4) is 5.69 Å². The average molecular weight is 398 g/mol. The molecule has 0 atom stereocenters. The van der Waals surface area contributed by atoms with E-state index >= 15 is 0 Å². The minimum absolute atomic E-state index is 0.355. The molecule has 0 aliphatic heterocycles. The van der Waals surface area contributed by atoms with Crippen molar-refractivity contribution < 1.29 is 13.2 Å². The summed E-state index contributed by atoms with van der Waals surface area (Å²) in [5.41, 5.74) is 3.85. The standard InChI is InChI=1S/C20H22N4O3S/c1-14-9-5-7-11-18(14)24-15(2)16(13-21-24)20(25)22-17-10-6-8-12-19(17)23(3)28(4,26)27/h5-13H,1-4H3,(H,22,25). The summed E-state index contributed by atoms with van der Waals surface area (Å²) in [7, 11) is -2.01. The third kappa shape index (κ3) is 3.77. The zero-order chi connectivity index (χ0) is 20.5. The molecule has 2 aromatic carbocycles. The van der Waals surface area contributed by atoms with Crippen molar-refractivity contribution in [2.75, 3.05) is 22.9 Å². The van der Waals surface area contributed by atoms with Crippen LogP contribution in [0.15, 0.2) is 54.7 Å². The zero-order valence-electron chi connectivity index (χ0n) is 16.2. The maximum absolute atomic E-state index is 12.9. The minimum atomic E-state index is -3.46. The first-order valence-corrected chi connectivity index (χ1v) is 10.5. The van der Waals surface area contributed by atoms with E-state index in [1.807, 2.05) is 38.1 Å². The average Bonchev–Trinajstić information content (AvgIpc) is 3.02. The van der Waals surface area contributed by atoms with Gasteiger partial charge in [-0.05, 0) is 37.6 Å². The molecular formula is C20H22N4O3S. The van der Waals surface area contributed by atoms with Crippen molar-refractivity contribution in [1.82, 2.24) is 9.78 Å². The number of carbonyl (C=O) groups is 1. The van der Waals surface area contributed by atoms with Gasteiger partial charge in [0.2, 0.25) is 10.0 Å².